The number of rotatable bonds is 5. The van der Waals surface area contributed by atoms with Crippen LogP contribution in [0.15, 0.2) is 18.2 Å². The van der Waals surface area contributed by atoms with E-state index in [4.69, 9.17) is 10.00 Å². The van der Waals surface area contributed by atoms with Crippen LogP contribution in [0.2, 0.25) is 0 Å². The lowest BCUT2D eigenvalue weighted by Crippen LogP contribution is -2.32. The number of likely N-dealkylation sites (N-methyl/N-ethyl adjacent to an activating group) is 1. The fourth-order valence-corrected chi connectivity index (χ4v) is 1.30. The third-order valence-corrected chi connectivity index (χ3v) is 2.48. The van der Waals surface area contributed by atoms with Gasteiger partial charge in [0, 0.05) is 13.6 Å². The Bertz CT molecular complexity index is 469. The molecule has 18 heavy (non-hydrogen) atoms. The summed E-state index contributed by atoms with van der Waals surface area (Å²) in [5.74, 6) is -0.0667. The minimum atomic E-state index is -0.306. The summed E-state index contributed by atoms with van der Waals surface area (Å²) in [5, 5.41) is 8.41. The molecule has 0 spiro atoms. The number of carbonyl (C=O) groups is 1. The summed E-state index contributed by atoms with van der Waals surface area (Å²) in [6, 6.07) is 6.28. The maximum absolute atomic E-state index is 13.0. The summed E-state index contributed by atoms with van der Waals surface area (Å²) >= 11 is 0. The Morgan fingerprint density at radius 2 is 2.28 bits per heavy atom. The summed E-state index contributed by atoms with van der Waals surface area (Å²) < 4.78 is 18.3. The Kier molecular flexibility index (Phi) is 5.12. The number of nitrogens with zero attached hydrogens (tertiary/aromatic N) is 2. The second kappa shape index (κ2) is 6.60. The Labute approximate surface area is 106 Å². The second-order valence-corrected chi connectivity index (χ2v) is 3.92. The van der Waals surface area contributed by atoms with Crippen molar-refractivity contribution in [1.29, 1.82) is 5.26 Å². The molecule has 0 aliphatic rings. The molecule has 0 fully saturated rings. The van der Waals surface area contributed by atoms with Gasteiger partial charge in [0.25, 0.3) is 5.91 Å². The standard InChI is InChI=1S/C13H15FN2O2/c1-10-8-11(4-5-12(10)14)18-9-13(17)16(2)7-3-6-15/h4-5,8H,3,7,9H2,1-2H3. The maximum atomic E-state index is 13.0. The van der Waals surface area contributed by atoms with E-state index < -0.39 is 0 Å². The Balaban J connectivity index is 2.47. The molecule has 0 atom stereocenters. The molecule has 0 bridgehead atoms. The molecule has 0 radical (unpaired) electrons. The van der Waals surface area contributed by atoms with E-state index in [-0.39, 0.29) is 24.8 Å². The van der Waals surface area contributed by atoms with Gasteiger partial charge in [0.2, 0.25) is 0 Å². The molecule has 0 N–H and O–H groups in total. The van der Waals surface area contributed by atoms with Gasteiger partial charge in [0.1, 0.15) is 11.6 Å². The van der Waals surface area contributed by atoms with E-state index in [0.29, 0.717) is 17.9 Å². The Hall–Kier alpha value is -2.09. The molecule has 1 amide bonds. The molecule has 0 unspecified atom stereocenters. The number of ether oxygens (including phenoxy) is 1. The van der Waals surface area contributed by atoms with Crippen molar-refractivity contribution in [3.8, 4) is 11.8 Å². The van der Waals surface area contributed by atoms with Crippen molar-refractivity contribution < 1.29 is 13.9 Å². The van der Waals surface area contributed by atoms with Crippen LogP contribution in [0.1, 0.15) is 12.0 Å². The van der Waals surface area contributed by atoms with Crippen LogP contribution < -0.4 is 4.74 Å². The molecule has 4 nitrogen and oxygen atoms in total. The Morgan fingerprint density at radius 3 is 2.89 bits per heavy atom. The molecule has 1 aromatic carbocycles. The van der Waals surface area contributed by atoms with Crippen LogP contribution in [0, 0.1) is 24.1 Å². The van der Waals surface area contributed by atoms with Gasteiger partial charge in [-0.2, -0.15) is 5.26 Å². The van der Waals surface area contributed by atoms with Gasteiger partial charge in [-0.25, -0.2) is 4.39 Å². The van der Waals surface area contributed by atoms with Gasteiger partial charge in [-0.1, -0.05) is 0 Å². The minimum absolute atomic E-state index is 0.118. The number of aryl methyl sites for hydroxylation is 1. The van der Waals surface area contributed by atoms with Crippen molar-refractivity contribution in [3.05, 3.63) is 29.6 Å². The first-order valence-corrected chi connectivity index (χ1v) is 5.54. The SMILES string of the molecule is Cc1cc(OCC(=O)N(C)CCC#N)ccc1F. The van der Waals surface area contributed by atoms with E-state index in [1.54, 1.807) is 14.0 Å². The third-order valence-electron chi connectivity index (χ3n) is 2.48. The molecule has 0 aliphatic heterocycles. The molecule has 96 valence electrons. The van der Waals surface area contributed by atoms with Crippen LogP contribution in [-0.2, 0) is 4.79 Å². The van der Waals surface area contributed by atoms with Crippen LogP contribution in [-0.4, -0.2) is 31.0 Å². The first-order chi connectivity index (χ1) is 8.54. The predicted molar refractivity (Wildman–Crippen MR) is 64.5 cm³/mol. The molecule has 5 heteroatoms. The number of amides is 1. The van der Waals surface area contributed by atoms with Gasteiger partial charge >= 0.3 is 0 Å². The van der Waals surface area contributed by atoms with Crippen molar-refractivity contribution in [2.24, 2.45) is 0 Å². The number of hydrogen-bond acceptors (Lipinski definition) is 3. The number of carbonyl (C=O) groups excluding carboxylic acids is 1. The van der Waals surface area contributed by atoms with E-state index in [9.17, 15) is 9.18 Å². The molecular weight excluding hydrogens is 235 g/mol. The van der Waals surface area contributed by atoms with Crippen LogP contribution in [0.3, 0.4) is 0 Å². The van der Waals surface area contributed by atoms with Crippen molar-refractivity contribution in [2.45, 2.75) is 13.3 Å². The fraction of sp³-hybridized carbons (Fsp3) is 0.385. The summed E-state index contributed by atoms with van der Waals surface area (Å²) in [6.07, 6.45) is 0.290. The molecule has 0 saturated carbocycles. The van der Waals surface area contributed by atoms with E-state index in [1.165, 1.54) is 23.1 Å². The highest BCUT2D eigenvalue weighted by Crippen LogP contribution is 2.15. The summed E-state index contributed by atoms with van der Waals surface area (Å²) in [5.41, 5.74) is 0.470. The fourth-order valence-electron chi connectivity index (χ4n) is 1.30. The van der Waals surface area contributed by atoms with E-state index in [2.05, 4.69) is 0 Å². The van der Waals surface area contributed by atoms with E-state index >= 15 is 0 Å². The maximum Gasteiger partial charge on any atom is 0.260 e. The smallest absolute Gasteiger partial charge is 0.260 e. The van der Waals surface area contributed by atoms with Gasteiger partial charge in [-0.05, 0) is 30.7 Å². The highest BCUT2D eigenvalue weighted by molar-refractivity contribution is 5.77. The Morgan fingerprint density at radius 1 is 1.56 bits per heavy atom. The zero-order valence-electron chi connectivity index (χ0n) is 10.4. The largest absolute Gasteiger partial charge is 0.484 e. The van der Waals surface area contributed by atoms with Gasteiger partial charge in [0.05, 0.1) is 12.5 Å². The monoisotopic (exact) mass is 250 g/mol. The molecule has 1 aromatic rings. The van der Waals surface area contributed by atoms with Gasteiger partial charge in [-0.3, -0.25) is 4.79 Å². The minimum Gasteiger partial charge on any atom is -0.484 e. The zero-order chi connectivity index (χ0) is 13.5. The number of benzene rings is 1. The molecular formula is C13H15FN2O2. The van der Waals surface area contributed by atoms with Crippen LogP contribution in [0.5, 0.6) is 5.75 Å². The predicted octanol–water partition coefficient (Wildman–Crippen LogP) is 1.89. The van der Waals surface area contributed by atoms with Crippen molar-refractivity contribution in [2.75, 3.05) is 20.2 Å². The first-order valence-electron chi connectivity index (χ1n) is 5.54. The quantitative estimate of drug-likeness (QED) is 0.801. The lowest BCUT2D eigenvalue weighted by Gasteiger charge is -2.15. The number of halogens is 1. The number of nitriles is 1. The second-order valence-electron chi connectivity index (χ2n) is 3.92. The van der Waals surface area contributed by atoms with Crippen molar-refractivity contribution >= 4 is 5.91 Å². The molecule has 0 saturated heterocycles. The average Bonchev–Trinajstić information content (AvgIpc) is 2.36. The molecule has 0 aromatic heterocycles. The van der Waals surface area contributed by atoms with E-state index in [0.717, 1.165) is 0 Å². The first kappa shape index (κ1) is 14.0. The van der Waals surface area contributed by atoms with Crippen LogP contribution in [0.25, 0.3) is 0 Å². The molecule has 0 heterocycles. The van der Waals surface area contributed by atoms with Crippen molar-refractivity contribution in [1.82, 2.24) is 4.90 Å². The highest BCUT2D eigenvalue weighted by atomic mass is 19.1. The van der Waals surface area contributed by atoms with Gasteiger partial charge in [-0.15, -0.1) is 0 Å². The number of hydrogen-bond donors (Lipinski definition) is 0. The lowest BCUT2D eigenvalue weighted by molar-refractivity contribution is -0.131. The lowest BCUT2D eigenvalue weighted by atomic mass is 10.2. The normalized spacial score (nSPS) is 9.67. The van der Waals surface area contributed by atoms with Gasteiger partial charge in [0.15, 0.2) is 6.61 Å². The van der Waals surface area contributed by atoms with Crippen LogP contribution in [0.4, 0.5) is 4.39 Å². The summed E-state index contributed by atoms with van der Waals surface area (Å²) in [6.45, 7) is 1.89. The topological polar surface area (TPSA) is 53.3 Å². The average molecular weight is 250 g/mol. The van der Waals surface area contributed by atoms with Crippen LogP contribution >= 0.6 is 0 Å². The van der Waals surface area contributed by atoms with E-state index in [1.807, 2.05) is 6.07 Å². The zero-order valence-corrected chi connectivity index (χ0v) is 10.4. The molecule has 1 rings (SSSR count). The highest BCUT2D eigenvalue weighted by Gasteiger charge is 2.09. The van der Waals surface area contributed by atoms with Crippen molar-refractivity contribution in [3.63, 3.8) is 0 Å². The molecule has 0 aliphatic carbocycles. The third kappa shape index (κ3) is 4.06. The summed E-state index contributed by atoms with van der Waals surface area (Å²) in [4.78, 5) is 13.0. The van der Waals surface area contributed by atoms with Gasteiger partial charge < -0.3 is 9.64 Å². The summed E-state index contributed by atoms with van der Waals surface area (Å²) in [7, 11) is 1.61.